The van der Waals surface area contributed by atoms with Crippen molar-refractivity contribution in [1.29, 1.82) is 0 Å². The number of hydrogen-bond donors (Lipinski definition) is 2. The smallest absolute Gasteiger partial charge is 0.250 e. The average molecular weight is 330 g/mol. The maximum absolute atomic E-state index is 12.5. The predicted octanol–water partition coefficient (Wildman–Crippen LogP) is 1.85. The monoisotopic (exact) mass is 330 g/mol. The first-order chi connectivity index (χ1) is 9.97. The maximum atomic E-state index is 12.5. The van der Waals surface area contributed by atoms with Gasteiger partial charge < -0.3 is 10.1 Å². The second kappa shape index (κ2) is 5.96. The molecule has 0 amide bonds. The predicted molar refractivity (Wildman–Crippen MR) is 83.0 cm³/mol. The summed E-state index contributed by atoms with van der Waals surface area (Å²) in [5.74, 6) is 0. The highest BCUT2D eigenvalue weighted by atomic mass is 32.2. The van der Waals surface area contributed by atoms with E-state index in [9.17, 15) is 8.42 Å². The molecule has 0 unspecified atom stereocenters. The molecular weight excluding hydrogens is 308 g/mol. The Morgan fingerprint density at radius 2 is 2.05 bits per heavy atom. The molecule has 118 valence electrons. The minimum absolute atomic E-state index is 0.395. The SMILES string of the molecule is CC1(NS(=O)(=O)c2ccc(CNC3CC3)s2)CCOCC1. The van der Waals surface area contributed by atoms with E-state index in [0.29, 0.717) is 36.3 Å². The lowest BCUT2D eigenvalue weighted by molar-refractivity contribution is 0.0538. The number of thiophene rings is 1. The highest BCUT2D eigenvalue weighted by molar-refractivity contribution is 7.91. The van der Waals surface area contributed by atoms with Crippen LogP contribution in [-0.4, -0.2) is 33.2 Å². The largest absolute Gasteiger partial charge is 0.381 e. The Bertz CT molecular complexity index is 587. The Balaban J connectivity index is 1.65. The number of nitrogens with one attached hydrogen (secondary N) is 2. The van der Waals surface area contributed by atoms with Crippen molar-refractivity contribution in [3.05, 3.63) is 17.0 Å². The molecule has 0 radical (unpaired) electrons. The highest BCUT2D eigenvalue weighted by Gasteiger charge is 2.33. The molecule has 21 heavy (non-hydrogen) atoms. The summed E-state index contributed by atoms with van der Waals surface area (Å²) in [5.41, 5.74) is -0.395. The molecule has 0 atom stereocenters. The second-order valence-electron chi connectivity index (χ2n) is 6.15. The molecule has 0 spiro atoms. The number of rotatable bonds is 6. The molecule has 0 bridgehead atoms. The zero-order valence-corrected chi connectivity index (χ0v) is 13.9. The molecule has 3 rings (SSSR count). The lowest BCUT2D eigenvalue weighted by Gasteiger charge is -2.33. The Morgan fingerprint density at radius 3 is 2.71 bits per heavy atom. The highest BCUT2D eigenvalue weighted by Crippen LogP contribution is 2.27. The summed E-state index contributed by atoms with van der Waals surface area (Å²) in [6.07, 6.45) is 3.90. The summed E-state index contributed by atoms with van der Waals surface area (Å²) in [5, 5.41) is 3.41. The molecular formula is C14H22N2O3S2. The molecule has 1 aliphatic heterocycles. The van der Waals surface area contributed by atoms with Gasteiger partial charge in [0.05, 0.1) is 0 Å². The fourth-order valence-electron chi connectivity index (χ4n) is 2.43. The quantitative estimate of drug-likeness (QED) is 0.835. The second-order valence-corrected chi connectivity index (χ2v) is 9.23. The van der Waals surface area contributed by atoms with Crippen molar-refractivity contribution in [1.82, 2.24) is 10.0 Å². The van der Waals surface area contributed by atoms with Gasteiger partial charge in [0.25, 0.3) is 10.0 Å². The molecule has 2 N–H and O–H groups in total. The lowest BCUT2D eigenvalue weighted by Crippen LogP contribution is -2.49. The summed E-state index contributed by atoms with van der Waals surface area (Å²) >= 11 is 1.35. The lowest BCUT2D eigenvalue weighted by atomic mass is 9.94. The summed E-state index contributed by atoms with van der Waals surface area (Å²) in [4.78, 5) is 1.07. The molecule has 1 saturated carbocycles. The van der Waals surface area contributed by atoms with Crippen LogP contribution >= 0.6 is 11.3 Å². The fourth-order valence-corrected chi connectivity index (χ4v) is 5.20. The van der Waals surface area contributed by atoms with Gasteiger partial charge in [0.2, 0.25) is 0 Å². The van der Waals surface area contributed by atoms with Crippen molar-refractivity contribution in [3.8, 4) is 0 Å². The van der Waals surface area contributed by atoms with Crippen LogP contribution in [0.5, 0.6) is 0 Å². The molecule has 1 saturated heterocycles. The zero-order chi connectivity index (χ0) is 14.9. The number of sulfonamides is 1. The molecule has 1 aliphatic carbocycles. The Hall–Kier alpha value is -0.470. The standard InChI is InChI=1S/C14H22N2O3S2/c1-14(6-8-19-9-7-14)16-21(17,18)13-5-4-12(20-13)10-15-11-2-3-11/h4-5,11,15-16H,2-3,6-10H2,1H3. The summed E-state index contributed by atoms with van der Waals surface area (Å²) in [6, 6.07) is 4.24. The van der Waals surface area contributed by atoms with Crippen LogP contribution in [0.2, 0.25) is 0 Å². The van der Waals surface area contributed by atoms with E-state index in [2.05, 4.69) is 10.0 Å². The summed E-state index contributed by atoms with van der Waals surface area (Å²) in [6.45, 7) is 3.94. The van der Waals surface area contributed by atoms with Crippen LogP contribution in [0.3, 0.4) is 0 Å². The average Bonchev–Trinajstić information content (AvgIpc) is 3.12. The van der Waals surface area contributed by atoms with Gasteiger partial charge in [-0.15, -0.1) is 11.3 Å². The van der Waals surface area contributed by atoms with Crippen molar-refractivity contribution in [2.75, 3.05) is 13.2 Å². The maximum Gasteiger partial charge on any atom is 0.250 e. The van der Waals surface area contributed by atoms with E-state index in [1.165, 1.54) is 24.2 Å². The van der Waals surface area contributed by atoms with Gasteiger partial charge in [-0.05, 0) is 44.7 Å². The van der Waals surface area contributed by atoms with E-state index in [1.807, 2.05) is 13.0 Å². The molecule has 5 nitrogen and oxygen atoms in total. The molecule has 2 aliphatic rings. The van der Waals surface area contributed by atoms with E-state index in [1.54, 1.807) is 6.07 Å². The van der Waals surface area contributed by atoms with Crippen molar-refractivity contribution >= 4 is 21.4 Å². The van der Waals surface area contributed by atoms with Gasteiger partial charge in [-0.2, -0.15) is 0 Å². The van der Waals surface area contributed by atoms with Gasteiger partial charge in [-0.3, -0.25) is 0 Å². The van der Waals surface area contributed by atoms with Gasteiger partial charge in [-0.25, -0.2) is 13.1 Å². The third-order valence-electron chi connectivity index (χ3n) is 4.02. The van der Waals surface area contributed by atoms with Crippen LogP contribution in [0.4, 0.5) is 0 Å². The summed E-state index contributed by atoms with van der Waals surface area (Å²) < 4.78 is 33.6. The molecule has 1 aromatic rings. The Kier molecular flexibility index (Phi) is 4.38. The third-order valence-corrected chi connectivity index (χ3v) is 7.24. The summed E-state index contributed by atoms with van der Waals surface area (Å²) in [7, 11) is -3.44. The van der Waals surface area contributed by atoms with Gasteiger partial charge in [0.1, 0.15) is 4.21 Å². The van der Waals surface area contributed by atoms with E-state index in [4.69, 9.17) is 4.74 Å². The minimum Gasteiger partial charge on any atom is -0.381 e. The van der Waals surface area contributed by atoms with E-state index < -0.39 is 15.6 Å². The van der Waals surface area contributed by atoms with E-state index in [-0.39, 0.29) is 0 Å². The van der Waals surface area contributed by atoms with E-state index in [0.717, 1.165) is 11.4 Å². The number of ether oxygens (including phenoxy) is 1. The first kappa shape index (κ1) is 15.4. The van der Waals surface area contributed by atoms with Crippen molar-refractivity contribution in [2.45, 2.75) is 54.9 Å². The van der Waals surface area contributed by atoms with Crippen LogP contribution in [0.25, 0.3) is 0 Å². The molecule has 2 heterocycles. The van der Waals surface area contributed by atoms with Crippen LogP contribution in [0.1, 0.15) is 37.5 Å². The van der Waals surface area contributed by atoms with Gasteiger partial charge in [-0.1, -0.05) is 0 Å². The van der Waals surface area contributed by atoms with Crippen molar-refractivity contribution < 1.29 is 13.2 Å². The molecule has 2 fully saturated rings. The molecule has 0 aromatic carbocycles. The Labute approximate surface area is 130 Å². The fraction of sp³-hybridized carbons (Fsp3) is 0.714. The number of hydrogen-bond acceptors (Lipinski definition) is 5. The first-order valence-electron chi connectivity index (χ1n) is 7.41. The first-order valence-corrected chi connectivity index (χ1v) is 9.71. The zero-order valence-electron chi connectivity index (χ0n) is 12.2. The van der Waals surface area contributed by atoms with Crippen molar-refractivity contribution in [3.63, 3.8) is 0 Å². The molecule has 1 aromatic heterocycles. The minimum atomic E-state index is -3.44. The Morgan fingerprint density at radius 1 is 1.33 bits per heavy atom. The van der Waals surface area contributed by atoms with Gasteiger partial charge in [0, 0.05) is 36.2 Å². The van der Waals surface area contributed by atoms with Crippen molar-refractivity contribution in [2.24, 2.45) is 0 Å². The topological polar surface area (TPSA) is 67.4 Å². The van der Waals surface area contributed by atoms with Crippen LogP contribution in [0, 0.1) is 0 Å². The van der Waals surface area contributed by atoms with Crippen LogP contribution in [0.15, 0.2) is 16.3 Å². The van der Waals surface area contributed by atoms with Crippen LogP contribution < -0.4 is 10.0 Å². The van der Waals surface area contributed by atoms with Gasteiger partial charge >= 0.3 is 0 Å². The van der Waals surface area contributed by atoms with Crippen LogP contribution in [-0.2, 0) is 21.3 Å². The molecule has 7 heteroatoms. The van der Waals surface area contributed by atoms with E-state index >= 15 is 0 Å². The van der Waals surface area contributed by atoms with Gasteiger partial charge in [0.15, 0.2) is 0 Å². The third kappa shape index (κ3) is 4.04. The normalized spacial score (nSPS) is 22.3.